The number of hydrogen-bond donors (Lipinski definition) is 2. The first-order chi connectivity index (χ1) is 8.88. The minimum Gasteiger partial charge on any atom is -0.389 e. The summed E-state index contributed by atoms with van der Waals surface area (Å²) in [5.41, 5.74) is 2.71. The topological polar surface area (TPSA) is 54.4 Å². The monoisotopic (exact) mass is 298 g/mol. The minimum atomic E-state index is -4.26. The number of aliphatic hydroxyl groups excluding tert-OH is 1. The molecule has 0 saturated heterocycles. The fourth-order valence-corrected chi connectivity index (χ4v) is 2.15. The van der Waals surface area contributed by atoms with E-state index in [4.69, 9.17) is 4.74 Å². The normalized spacial score (nSPS) is 13.7. The summed E-state index contributed by atoms with van der Waals surface area (Å²) in [5, 5.41) is 11.5. The average Bonchev–Trinajstić information content (AvgIpc) is 2.69. The lowest BCUT2D eigenvalue weighted by atomic mass is 10.3. The van der Waals surface area contributed by atoms with Crippen LogP contribution in [0, 0.1) is 6.92 Å². The Hall–Kier alpha value is -0.700. The zero-order valence-electron chi connectivity index (χ0n) is 10.5. The van der Waals surface area contributed by atoms with Crippen molar-refractivity contribution in [1.29, 1.82) is 0 Å². The van der Waals surface area contributed by atoms with Crippen molar-refractivity contribution in [2.45, 2.75) is 25.6 Å². The fourth-order valence-electron chi connectivity index (χ4n) is 1.39. The van der Waals surface area contributed by atoms with E-state index in [-0.39, 0.29) is 13.2 Å². The Bertz CT molecular complexity index is 371. The van der Waals surface area contributed by atoms with Crippen LogP contribution in [0.1, 0.15) is 10.6 Å². The lowest BCUT2D eigenvalue weighted by Crippen LogP contribution is -2.36. The van der Waals surface area contributed by atoms with E-state index in [1.165, 1.54) is 11.3 Å². The smallest absolute Gasteiger partial charge is 0.389 e. The van der Waals surface area contributed by atoms with Crippen LogP contribution in [0.15, 0.2) is 5.51 Å². The maximum Gasteiger partial charge on any atom is 0.401 e. The number of aromatic nitrogens is 1. The Kier molecular flexibility index (Phi) is 6.70. The number of nitrogens with one attached hydrogen (secondary N) is 1. The van der Waals surface area contributed by atoms with Crippen LogP contribution in [0.5, 0.6) is 0 Å². The number of alkyl halides is 3. The van der Waals surface area contributed by atoms with Gasteiger partial charge in [0.05, 0.1) is 37.1 Å². The molecular weight excluding hydrogens is 281 g/mol. The molecule has 0 aliphatic carbocycles. The summed E-state index contributed by atoms with van der Waals surface area (Å²) < 4.78 is 40.7. The molecule has 1 aromatic heterocycles. The quantitative estimate of drug-likeness (QED) is 0.715. The summed E-state index contributed by atoms with van der Waals surface area (Å²) in [7, 11) is 0. The summed E-state index contributed by atoms with van der Waals surface area (Å²) in [5.74, 6) is 0. The largest absolute Gasteiger partial charge is 0.401 e. The molecule has 0 amide bonds. The third-order valence-corrected chi connectivity index (χ3v) is 3.33. The second-order valence-corrected chi connectivity index (χ2v) is 5.03. The van der Waals surface area contributed by atoms with Gasteiger partial charge in [-0.15, -0.1) is 11.3 Å². The van der Waals surface area contributed by atoms with Crippen LogP contribution in [0.25, 0.3) is 0 Å². The van der Waals surface area contributed by atoms with Gasteiger partial charge in [-0.05, 0) is 6.92 Å². The number of halogens is 3. The molecule has 0 aliphatic heterocycles. The third kappa shape index (κ3) is 7.46. The Morgan fingerprint density at radius 2 is 2.26 bits per heavy atom. The molecule has 0 spiro atoms. The van der Waals surface area contributed by atoms with E-state index >= 15 is 0 Å². The minimum absolute atomic E-state index is 0.0166. The predicted octanol–water partition coefficient (Wildman–Crippen LogP) is 1.52. The van der Waals surface area contributed by atoms with Gasteiger partial charge in [0.1, 0.15) is 0 Å². The number of thiazole rings is 1. The fraction of sp³-hybridized carbons (Fsp3) is 0.727. The van der Waals surface area contributed by atoms with Crippen LogP contribution >= 0.6 is 11.3 Å². The second-order valence-electron chi connectivity index (χ2n) is 4.09. The highest BCUT2D eigenvalue weighted by molar-refractivity contribution is 7.09. The van der Waals surface area contributed by atoms with Crippen LogP contribution < -0.4 is 5.32 Å². The van der Waals surface area contributed by atoms with Gasteiger partial charge in [0, 0.05) is 17.8 Å². The van der Waals surface area contributed by atoms with Crippen molar-refractivity contribution in [2.75, 3.05) is 26.3 Å². The lowest BCUT2D eigenvalue weighted by Gasteiger charge is -2.13. The Morgan fingerprint density at radius 3 is 2.84 bits per heavy atom. The second kappa shape index (κ2) is 7.78. The van der Waals surface area contributed by atoms with Crippen molar-refractivity contribution in [3.63, 3.8) is 0 Å². The van der Waals surface area contributed by atoms with Crippen molar-refractivity contribution in [3.05, 3.63) is 16.1 Å². The zero-order valence-corrected chi connectivity index (χ0v) is 11.4. The number of nitrogens with zero attached hydrogens (tertiary/aromatic N) is 1. The SMILES string of the molecule is Cc1ncsc1CCOCC(O)CNCC(F)(F)F. The molecule has 1 heterocycles. The molecule has 4 nitrogen and oxygen atoms in total. The van der Waals surface area contributed by atoms with Crippen LogP contribution in [0.4, 0.5) is 13.2 Å². The number of aryl methyl sites for hydroxylation is 1. The van der Waals surface area contributed by atoms with Gasteiger partial charge in [0.25, 0.3) is 0 Å². The van der Waals surface area contributed by atoms with Crippen LogP contribution in [0.3, 0.4) is 0 Å². The van der Waals surface area contributed by atoms with Gasteiger partial charge < -0.3 is 15.2 Å². The van der Waals surface area contributed by atoms with Crippen molar-refractivity contribution >= 4 is 11.3 Å². The first-order valence-corrected chi connectivity index (χ1v) is 6.68. The molecule has 0 fully saturated rings. The Morgan fingerprint density at radius 1 is 1.53 bits per heavy atom. The Labute approximate surface area is 113 Å². The molecule has 1 aromatic rings. The molecular formula is C11H17F3N2O2S. The van der Waals surface area contributed by atoms with E-state index in [1.54, 1.807) is 5.51 Å². The van der Waals surface area contributed by atoms with Gasteiger partial charge >= 0.3 is 6.18 Å². The standard InChI is InChI=1S/C11H17F3N2O2S/c1-8-10(19-7-16-8)2-3-18-5-9(17)4-15-6-11(12,13)14/h7,9,15,17H,2-6H2,1H3. The molecule has 1 rings (SSSR count). The summed E-state index contributed by atoms with van der Waals surface area (Å²) in [6.45, 7) is 1.09. The number of aliphatic hydroxyl groups is 1. The van der Waals surface area contributed by atoms with E-state index in [0.29, 0.717) is 13.0 Å². The Balaban J connectivity index is 2.04. The highest BCUT2D eigenvalue weighted by Gasteiger charge is 2.26. The molecule has 1 unspecified atom stereocenters. The maximum atomic E-state index is 11.8. The van der Waals surface area contributed by atoms with E-state index in [2.05, 4.69) is 10.3 Å². The van der Waals surface area contributed by atoms with Gasteiger partial charge in [-0.25, -0.2) is 4.98 Å². The van der Waals surface area contributed by atoms with Gasteiger partial charge in [-0.2, -0.15) is 13.2 Å². The molecule has 8 heteroatoms. The van der Waals surface area contributed by atoms with Crippen molar-refractivity contribution in [2.24, 2.45) is 0 Å². The lowest BCUT2D eigenvalue weighted by molar-refractivity contribution is -0.125. The first kappa shape index (κ1) is 16.4. The van der Waals surface area contributed by atoms with Crippen LogP contribution in [-0.4, -0.2) is 48.7 Å². The van der Waals surface area contributed by atoms with Crippen LogP contribution in [-0.2, 0) is 11.2 Å². The van der Waals surface area contributed by atoms with E-state index in [0.717, 1.165) is 10.6 Å². The number of hydrogen-bond acceptors (Lipinski definition) is 5. The van der Waals surface area contributed by atoms with Gasteiger partial charge in [-0.3, -0.25) is 0 Å². The highest BCUT2D eigenvalue weighted by atomic mass is 32.1. The van der Waals surface area contributed by atoms with Gasteiger partial charge in [-0.1, -0.05) is 0 Å². The predicted molar refractivity (Wildman–Crippen MR) is 66.3 cm³/mol. The van der Waals surface area contributed by atoms with Crippen LogP contribution in [0.2, 0.25) is 0 Å². The number of rotatable bonds is 8. The van der Waals surface area contributed by atoms with Crippen molar-refractivity contribution in [3.8, 4) is 0 Å². The summed E-state index contributed by atoms with van der Waals surface area (Å²) >= 11 is 1.53. The molecule has 0 saturated carbocycles. The molecule has 2 N–H and O–H groups in total. The van der Waals surface area contributed by atoms with Crippen molar-refractivity contribution in [1.82, 2.24) is 10.3 Å². The molecule has 0 radical (unpaired) electrons. The number of ether oxygens (including phenoxy) is 1. The summed E-state index contributed by atoms with van der Waals surface area (Å²) in [6.07, 6.45) is -4.51. The third-order valence-electron chi connectivity index (χ3n) is 2.33. The molecule has 0 aliphatic rings. The zero-order chi connectivity index (χ0) is 14.3. The molecule has 110 valence electrons. The van der Waals surface area contributed by atoms with Crippen molar-refractivity contribution < 1.29 is 23.0 Å². The summed E-state index contributed by atoms with van der Waals surface area (Å²) in [6, 6.07) is 0. The molecule has 1 atom stereocenters. The molecule has 19 heavy (non-hydrogen) atoms. The highest BCUT2D eigenvalue weighted by Crippen LogP contribution is 2.13. The van der Waals surface area contributed by atoms with E-state index < -0.39 is 18.8 Å². The van der Waals surface area contributed by atoms with Gasteiger partial charge in [0.15, 0.2) is 0 Å². The summed E-state index contributed by atoms with van der Waals surface area (Å²) in [4.78, 5) is 5.21. The average molecular weight is 298 g/mol. The van der Waals surface area contributed by atoms with Gasteiger partial charge in [0.2, 0.25) is 0 Å². The maximum absolute atomic E-state index is 11.8. The van der Waals surface area contributed by atoms with E-state index in [9.17, 15) is 18.3 Å². The molecule has 0 bridgehead atoms. The van der Waals surface area contributed by atoms with E-state index in [1.807, 2.05) is 6.92 Å². The first-order valence-electron chi connectivity index (χ1n) is 5.80. The molecule has 0 aromatic carbocycles.